The Bertz CT molecular complexity index is 816. The fraction of sp³-hybridized carbons (Fsp3) is 0.545. The van der Waals surface area contributed by atoms with E-state index < -0.39 is 0 Å². The maximum absolute atomic E-state index is 12.3. The van der Waals surface area contributed by atoms with Crippen LogP contribution in [-0.2, 0) is 13.1 Å². The van der Waals surface area contributed by atoms with E-state index in [1.807, 2.05) is 12.1 Å². The van der Waals surface area contributed by atoms with Crippen LogP contribution in [0.5, 0.6) is 0 Å². The summed E-state index contributed by atoms with van der Waals surface area (Å²) in [6.45, 7) is 7.81. The van der Waals surface area contributed by atoms with E-state index in [1.54, 1.807) is 24.7 Å². The van der Waals surface area contributed by atoms with Crippen LogP contribution >= 0.6 is 0 Å². The second-order valence-electron chi connectivity index (χ2n) is 9.28. The predicted octanol–water partition coefficient (Wildman–Crippen LogP) is 3.76. The minimum Gasteiger partial charge on any atom is -0.467 e. The van der Waals surface area contributed by atoms with Crippen LogP contribution < -0.4 is 21.3 Å². The highest BCUT2D eigenvalue weighted by Gasteiger charge is 2.41. The highest BCUT2D eigenvalue weighted by atomic mass is 16.3. The van der Waals surface area contributed by atoms with Gasteiger partial charge >= 0.3 is 12.1 Å². The summed E-state index contributed by atoms with van der Waals surface area (Å²) in [5.41, 5.74) is -0.0684. The molecule has 0 saturated heterocycles. The highest BCUT2D eigenvalue weighted by molar-refractivity contribution is 5.74. The molecule has 8 nitrogen and oxygen atoms in total. The van der Waals surface area contributed by atoms with Gasteiger partial charge in [-0.05, 0) is 54.4 Å². The Morgan fingerprint density at radius 3 is 2.10 bits per heavy atom. The number of hydrogen-bond acceptors (Lipinski definition) is 4. The summed E-state index contributed by atoms with van der Waals surface area (Å²) < 4.78 is 10.5. The average Bonchev–Trinajstić information content (AvgIpc) is 3.35. The van der Waals surface area contributed by atoms with Gasteiger partial charge in [-0.1, -0.05) is 20.8 Å². The molecule has 0 radical (unpaired) electrons. The lowest BCUT2D eigenvalue weighted by Gasteiger charge is -2.46. The number of carbonyl (C=O) groups is 2. The smallest absolute Gasteiger partial charge is 0.315 e. The number of carbonyl (C=O) groups excluding carboxylic acids is 2. The third-order valence-corrected chi connectivity index (χ3v) is 5.46. The molecule has 0 bridgehead atoms. The summed E-state index contributed by atoms with van der Waals surface area (Å²) in [7, 11) is 0. The molecule has 2 aromatic rings. The van der Waals surface area contributed by atoms with Gasteiger partial charge in [0.1, 0.15) is 11.5 Å². The quantitative estimate of drug-likeness (QED) is 0.551. The van der Waals surface area contributed by atoms with Crippen LogP contribution in [0.4, 0.5) is 9.59 Å². The van der Waals surface area contributed by atoms with Crippen molar-refractivity contribution in [1.29, 1.82) is 0 Å². The molecule has 1 fully saturated rings. The zero-order valence-electron chi connectivity index (χ0n) is 17.9. The van der Waals surface area contributed by atoms with E-state index in [1.165, 1.54) is 0 Å². The molecular weight excluding hydrogens is 384 g/mol. The topological polar surface area (TPSA) is 109 Å². The first-order valence-corrected chi connectivity index (χ1v) is 10.3. The van der Waals surface area contributed by atoms with E-state index in [0.29, 0.717) is 31.2 Å². The van der Waals surface area contributed by atoms with Gasteiger partial charge in [0.25, 0.3) is 0 Å². The van der Waals surface area contributed by atoms with Crippen molar-refractivity contribution < 1.29 is 18.4 Å². The standard InChI is InChI=1S/C22H32N4O4/c1-21(2)10-16(26-20(28)24-13-18-7-5-9-30-18)11-22(3,14-21)15-25-19(27)23-12-17-6-4-8-29-17/h4-9,16H,10-15H2,1-3H3,(H2,23,25,27)(H2,24,26,28). The van der Waals surface area contributed by atoms with Gasteiger partial charge in [0.2, 0.25) is 0 Å². The summed E-state index contributed by atoms with van der Waals surface area (Å²) in [5.74, 6) is 1.42. The maximum atomic E-state index is 12.3. The minimum atomic E-state index is -0.225. The molecule has 1 aliphatic carbocycles. The number of furan rings is 2. The van der Waals surface area contributed by atoms with Gasteiger partial charge in [0.15, 0.2) is 0 Å². The van der Waals surface area contributed by atoms with Gasteiger partial charge in [0.05, 0.1) is 25.6 Å². The molecule has 8 heteroatoms. The van der Waals surface area contributed by atoms with Crippen molar-refractivity contribution in [3.8, 4) is 0 Å². The van der Waals surface area contributed by atoms with Crippen LogP contribution in [0, 0.1) is 10.8 Å². The van der Waals surface area contributed by atoms with Gasteiger partial charge in [-0.3, -0.25) is 0 Å². The average molecular weight is 417 g/mol. The van der Waals surface area contributed by atoms with Gasteiger partial charge in [-0.25, -0.2) is 9.59 Å². The van der Waals surface area contributed by atoms with E-state index in [4.69, 9.17) is 8.83 Å². The number of amides is 4. The Kier molecular flexibility index (Phi) is 6.74. The Morgan fingerprint density at radius 1 is 0.933 bits per heavy atom. The zero-order valence-corrected chi connectivity index (χ0v) is 17.9. The molecule has 164 valence electrons. The van der Waals surface area contributed by atoms with E-state index in [-0.39, 0.29) is 28.9 Å². The largest absolute Gasteiger partial charge is 0.467 e. The van der Waals surface area contributed by atoms with Crippen LogP contribution in [0.15, 0.2) is 45.6 Å². The number of urea groups is 2. The minimum absolute atomic E-state index is 0.0309. The summed E-state index contributed by atoms with van der Waals surface area (Å²) in [6.07, 6.45) is 5.81. The van der Waals surface area contributed by atoms with Crippen molar-refractivity contribution in [1.82, 2.24) is 21.3 Å². The Morgan fingerprint density at radius 2 is 1.53 bits per heavy atom. The fourth-order valence-corrected chi connectivity index (χ4v) is 4.62. The predicted molar refractivity (Wildman–Crippen MR) is 113 cm³/mol. The van der Waals surface area contributed by atoms with Crippen LogP contribution in [0.3, 0.4) is 0 Å². The molecule has 3 rings (SSSR count). The Balaban J connectivity index is 1.48. The maximum Gasteiger partial charge on any atom is 0.315 e. The lowest BCUT2D eigenvalue weighted by Crippen LogP contribution is -2.52. The number of hydrogen-bond donors (Lipinski definition) is 4. The van der Waals surface area contributed by atoms with E-state index >= 15 is 0 Å². The summed E-state index contributed by atoms with van der Waals surface area (Å²) in [5, 5.41) is 11.7. The molecule has 2 heterocycles. The number of rotatable bonds is 7. The first-order valence-electron chi connectivity index (χ1n) is 10.3. The molecule has 4 amide bonds. The first-order chi connectivity index (χ1) is 14.2. The molecule has 4 N–H and O–H groups in total. The lowest BCUT2D eigenvalue weighted by atomic mass is 9.62. The summed E-state index contributed by atoms with van der Waals surface area (Å²) >= 11 is 0. The van der Waals surface area contributed by atoms with Crippen molar-refractivity contribution in [3.05, 3.63) is 48.3 Å². The lowest BCUT2D eigenvalue weighted by molar-refractivity contribution is 0.0748. The van der Waals surface area contributed by atoms with Crippen molar-refractivity contribution in [2.45, 2.75) is 59.2 Å². The van der Waals surface area contributed by atoms with Crippen molar-refractivity contribution in [3.63, 3.8) is 0 Å². The Labute approximate surface area is 177 Å². The van der Waals surface area contributed by atoms with Crippen LogP contribution in [-0.4, -0.2) is 24.6 Å². The molecule has 0 spiro atoms. The van der Waals surface area contributed by atoms with Gasteiger partial charge in [0, 0.05) is 12.6 Å². The highest BCUT2D eigenvalue weighted by Crippen LogP contribution is 2.45. The third kappa shape index (κ3) is 6.57. The normalized spacial score (nSPS) is 22.8. The molecule has 1 saturated carbocycles. The zero-order chi connectivity index (χ0) is 21.6. The van der Waals surface area contributed by atoms with Crippen molar-refractivity contribution >= 4 is 12.1 Å². The Hall–Kier alpha value is -2.90. The summed E-state index contributed by atoms with van der Waals surface area (Å²) in [4.78, 5) is 24.5. The van der Waals surface area contributed by atoms with Gasteiger partial charge < -0.3 is 30.1 Å². The monoisotopic (exact) mass is 416 g/mol. The first kappa shape index (κ1) is 21.8. The molecule has 2 aromatic heterocycles. The molecule has 0 aliphatic heterocycles. The van der Waals surface area contributed by atoms with Crippen LogP contribution in [0.1, 0.15) is 51.6 Å². The number of nitrogens with one attached hydrogen (secondary N) is 4. The third-order valence-electron chi connectivity index (χ3n) is 5.46. The van der Waals surface area contributed by atoms with E-state index in [2.05, 4.69) is 42.0 Å². The molecule has 0 aromatic carbocycles. The van der Waals surface area contributed by atoms with E-state index in [9.17, 15) is 9.59 Å². The second kappa shape index (κ2) is 9.28. The van der Waals surface area contributed by atoms with Gasteiger partial charge in [-0.2, -0.15) is 0 Å². The molecular formula is C22H32N4O4. The van der Waals surface area contributed by atoms with Crippen molar-refractivity contribution in [2.24, 2.45) is 10.8 Å². The summed E-state index contributed by atoms with van der Waals surface area (Å²) in [6, 6.07) is 6.82. The van der Waals surface area contributed by atoms with Crippen molar-refractivity contribution in [2.75, 3.05) is 6.54 Å². The molecule has 1 aliphatic rings. The van der Waals surface area contributed by atoms with E-state index in [0.717, 1.165) is 19.3 Å². The van der Waals surface area contributed by atoms with Gasteiger partial charge in [-0.15, -0.1) is 0 Å². The fourth-order valence-electron chi connectivity index (χ4n) is 4.62. The molecule has 2 unspecified atom stereocenters. The molecule has 2 atom stereocenters. The molecule has 30 heavy (non-hydrogen) atoms. The van der Waals surface area contributed by atoms with Crippen LogP contribution in [0.2, 0.25) is 0 Å². The second-order valence-corrected chi connectivity index (χ2v) is 9.28. The SMILES string of the molecule is CC1(C)CC(NC(=O)NCc2ccco2)CC(C)(CNC(=O)NCc2ccco2)C1. The van der Waals surface area contributed by atoms with Crippen LogP contribution in [0.25, 0.3) is 0 Å².